The molecule has 3 aliphatic carbocycles. The number of anilines is 1. The van der Waals surface area contributed by atoms with Crippen molar-refractivity contribution in [2.75, 3.05) is 5.32 Å². The van der Waals surface area contributed by atoms with Crippen molar-refractivity contribution in [2.24, 2.45) is 5.41 Å². The largest absolute Gasteiger partial charge is 0.478 e. The number of nitrogens with zero attached hydrogens (tertiary/aromatic N) is 2. The van der Waals surface area contributed by atoms with Gasteiger partial charge in [-0.3, -0.25) is 4.79 Å². The Labute approximate surface area is 443 Å². The number of carbonyl (C=O) groups excluding carboxylic acids is 1. The van der Waals surface area contributed by atoms with E-state index in [1.807, 2.05) is 76.4 Å². The Morgan fingerprint density at radius 3 is 1.57 bits per heavy atom. The summed E-state index contributed by atoms with van der Waals surface area (Å²) < 4.78 is 0. The fourth-order valence-electron chi connectivity index (χ4n) is 10.5. The van der Waals surface area contributed by atoms with Crippen LogP contribution >= 0.6 is 0 Å². The molecule has 0 fully saturated rings. The van der Waals surface area contributed by atoms with Crippen molar-refractivity contribution in [3.63, 3.8) is 0 Å². The lowest BCUT2D eigenvalue weighted by Crippen LogP contribution is -2.38. The van der Waals surface area contributed by atoms with E-state index in [1.165, 1.54) is 40.0 Å². The summed E-state index contributed by atoms with van der Waals surface area (Å²) >= 11 is 0. The molecule has 0 saturated carbocycles. The van der Waals surface area contributed by atoms with Gasteiger partial charge in [0.05, 0.1) is 23.4 Å². The number of allylic oxidation sites excluding steroid dienone is 26. The number of imidazole rings is 2. The van der Waals surface area contributed by atoms with Gasteiger partial charge in [-0.15, -0.1) is 0 Å². The minimum atomic E-state index is -1.00. The fourth-order valence-corrected chi connectivity index (χ4v) is 10.5. The maximum Gasteiger partial charge on any atom is 0.328 e. The average Bonchev–Trinajstić information content (AvgIpc) is 4.05. The zero-order chi connectivity index (χ0) is 54.9. The minimum Gasteiger partial charge on any atom is -0.478 e. The monoisotopic (exact) mass is 1020 g/mol. The molecular formula is C63H77N5O7. The van der Waals surface area contributed by atoms with Crippen LogP contribution < -0.4 is 5.32 Å². The second kappa shape index (κ2) is 26.6. The summed E-state index contributed by atoms with van der Waals surface area (Å²) in [5.74, 6) is -1.79. The van der Waals surface area contributed by atoms with E-state index in [1.54, 1.807) is 51.5 Å². The molecule has 0 aromatic carbocycles. The number of carboxylic acids is 3. The van der Waals surface area contributed by atoms with E-state index in [2.05, 4.69) is 71.4 Å². The Balaban J connectivity index is 1.55. The number of aromatic nitrogens is 4. The Bertz CT molecular complexity index is 2960. The number of amides is 1. The number of hydrogen-bond donors (Lipinski definition) is 6. The highest BCUT2D eigenvalue weighted by atomic mass is 16.4. The molecule has 2 aromatic rings. The molecule has 12 heteroatoms. The van der Waals surface area contributed by atoms with Gasteiger partial charge in [0.15, 0.2) is 0 Å². The molecule has 2 heterocycles. The number of carbonyl (C=O) groups is 4. The number of carboxylic acid groups (broad SMARTS) is 3. The first kappa shape index (κ1) is 58.3. The average molecular weight is 1020 g/mol. The van der Waals surface area contributed by atoms with Crippen molar-refractivity contribution in [1.82, 2.24) is 19.9 Å². The van der Waals surface area contributed by atoms with E-state index in [-0.39, 0.29) is 11.3 Å². The van der Waals surface area contributed by atoms with E-state index in [4.69, 9.17) is 15.2 Å². The van der Waals surface area contributed by atoms with Crippen LogP contribution in [0.2, 0.25) is 0 Å². The number of rotatable bonds is 21. The maximum atomic E-state index is 15.1. The molecule has 0 aliphatic heterocycles. The van der Waals surface area contributed by atoms with E-state index in [0.29, 0.717) is 35.4 Å². The summed E-state index contributed by atoms with van der Waals surface area (Å²) in [5.41, 5.74) is 11.3. The van der Waals surface area contributed by atoms with Crippen LogP contribution in [0.4, 0.5) is 5.82 Å². The molecule has 3 atom stereocenters. The molecule has 3 aliphatic rings. The summed E-state index contributed by atoms with van der Waals surface area (Å²) in [6, 6.07) is 0. The summed E-state index contributed by atoms with van der Waals surface area (Å²) in [4.78, 5) is 64.9. The Morgan fingerprint density at radius 2 is 1.07 bits per heavy atom. The Hall–Kier alpha value is -7.60. The quantitative estimate of drug-likeness (QED) is 0.0520. The van der Waals surface area contributed by atoms with Gasteiger partial charge in [-0.2, -0.15) is 0 Å². The predicted molar refractivity (Wildman–Crippen MR) is 302 cm³/mol. The zero-order valence-electron chi connectivity index (χ0n) is 45.6. The van der Waals surface area contributed by atoms with Crippen LogP contribution in [0.1, 0.15) is 145 Å². The molecule has 5 rings (SSSR count). The van der Waals surface area contributed by atoms with Crippen molar-refractivity contribution in [3.05, 3.63) is 206 Å². The highest BCUT2D eigenvalue weighted by molar-refractivity contribution is 5.97. The van der Waals surface area contributed by atoms with E-state index in [9.17, 15) is 19.5 Å². The summed E-state index contributed by atoms with van der Waals surface area (Å²) in [7, 11) is 0. The van der Waals surface area contributed by atoms with Crippen molar-refractivity contribution in [2.45, 2.75) is 144 Å². The number of nitrogens with one attached hydrogen (secondary N) is 3. The second-order valence-corrected chi connectivity index (χ2v) is 21.0. The molecule has 0 spiro atoms. The van der Waals surface area contributed by atoms with Gasteiger partial charge in [-0.1, -0.05) is 125 Å². The van der Waals surface area contributed by atoms with E-state index >= 15 is 4.79 Å². The third-order valence-electron chi connectivity index (χ3n) is 14.7. The Morgan fingerprint density at radius 1 is 0.600 bits per heavy atom. The first-order chi connectivity index (χ1) is 35.5. The number of aliphatic carboxylic acids is 3. The van der Waals surface area contributed by atoms with Crippen LogP contribution in [0.25, 0.3) is 0 Å². The van der Waals surface area contributed by atoms with Crippen molar-refractivity contribution in [3.8, 4) is 0 Å². The maximum absolute atomic E-state index is 15.1. The van der Waals surface area contributed by atoms with Gasteiger partial charge in [0.1, 0.15) is 11.6 Å². The van der Waals surface area contributed by atoms with Crippen molar-refractivity contribution in [1.29, 1.82) is 0 Å². The van der Waals surface area contributed by atoms with Gasteiger partial charge in [-0.05, 0) is 167 Å². The molecule has 0 unspecified atom stereocenters. The van der Waals surface area contributed by atoms with Gasteiger partial charge in [0, 0.05) is 35.5 Å². The number of hydrogen-bond acceptors (Lipinski definition) is 6. The molecule has 2 aromatic heterocycles. The van der Waals surface area contributed by atoms with Crippen molar-refractivity contribution >= 4 is 29.6 Å². The zero-order valence-corrected chi connectivity index (χ0v) is 45.6. The molecule has 396 valence electrons. The first-order valence-corrected chi connectivity index (χ1v) is 25.9. The normalized spacial score (nSPS) is 23.4. The van der Waals surface area contributed by atoms with Gasteiger partial charge in [-0.25, -0.2) is 24.4 Å². The first-order valence-electron chi connectivity index (χ1n) is 25.9. The SMILES string of the molecule is CC1=C(/C=C/C(C)=C/C=C/C(C)=C/C(=O)O)[C@@](C)(c2ncc(NC(=O)[C@@]3(C)CCCC(CC4=C(/C=C/C(C)=C/C=C/C(C)=C/C(=O)O)[C@@](C)(c5cnc[nH]5)CCC4)=C3/C=C/C(C)=C/C=C/C(C)=C/C(=O)O)[nH]2)CCC1. The smallest absolute Gasteiger partial charge is 0.328 e. The predicted octanol–water partition coefficient (Wildman–Crippen LogP) is 14.4. The standard InChI is InChI=1S/C63H77N5O7/c1-42(17-11-20-45(4)35-56(69)70)26-29-51-48(7)23-14-33-62(51,9)59-65-40-55(67-59)68-60(75)63(10)34-16-25-50(53(63)31-28-44(3)19-13-22-47(6)37-58(73)74)38-49-24-15-32-61(8,54-39-64-41-66-54)52(49)30-27-43(2)18-12-21-46(5)36-57(71)72/h11-13,17-22,26-31,35-37,39-41H,14-16,23-25,32-34,38H2,1-10H3,(H,64,66)(H,65,67)(H,68,75)(H,69,70)(H,71,72)(H,73,74)/b20-11+,21-12+,22-13+,29-26+,30-27+,31-28+,42-17+,43-18+,44-19+,45-35+,46-36+,47-37+/t61-,62-,63-/m0/s1. The lowest BCUT2D eigenvalue weighted by Gasteiger charge is -2.39. The van der Waals surface area contributed by atoms with E-state index in [0.717, 1.165) is 91.3 Å². The van der Waals surface area contributed by atoms with E-state index < -0.39 is 28.7 Å². The third-order valence-corrected chi connectivity index (χ3v) is 14.7. The lowest BCUT2D eigenvalue weighted by atomic mass is 9.65. The van der Waals surface area contributed by atoms with Crippen LogP contribution in [-0.2, 0) is 30.0 Å². The van der Waals surface area contributed by atoms with Gasteiger partial charge in [0.25, 0.3) is 0 Å². The van der Waals surface area contributed by atoms with Gasteiger partial charge in [0.2, 0.25) is 5.91 Å². The van der Waals surface area contributed by atoms with Crippen LogP contribution in [-0.4, -0.2) is 59.1 Å². The minimum absolute atomic E-state index is 0.129. The number of aromatic amines is 2. The highest BCUT2D eigenvalue weighted by Gasteiger charge is 2.42. The third kappa shape index (κ3) is 16.2. The topological polar surface area (TPSA) is 198 Å². The molecule has 12 nitrogen and oxygen atoms in total. The second-order valence-electron chi connectivity index (χ2n) is 21.0. The van der Waals surface area contributed by atoms with Crippen LogP contribution in [0.3, 0.4) is 0 Å². The molecule has 0 bridgehead atoms. The molecule has 0 radical (unpaired) electrons. The van der Waals surface area contributed by atoms with Gasteiger partial charge >= 0.3 is 17.9 Å². The summed E-state index contributed by atoms with van der Waals surface area (Å²) in [6.45, 7) is 20.0. The van der Waals surface area contributed by atoms with Gasteiger partial charge < -0.3 is 30.6 Å². The van der Waals surface area contributed by atoms with Crippen LogP contribution in [0.15, 0.2) is 195 Å². The number of H-pyrrole nitrogens is 2. The molecule has 1 amide bonds. The van der Waals surface area contributed by atoms with Crippen LogP contribution in [0.5, 0.6) is 0 Å². The molecular weight excluding hydrogens is 939 g/mol. The molecule has 0 saturated heterocycles. The van der Waals surface area contributed by atoms with Crippen LogP contribution in [0, 0.1) is 5.41 Å². The highest BCUT2D eigenvalue weighted by Crippen LogP contribution is 2.49. The summed E-state index contributed by atoms with van der Waals surface area (Å²) in [5, 5.41) is 30.7. The summed E-state index contributed by atoms with van der Waals surface area (Å²) in [6.07, 6.45) is 46.9. The molecule has 75 heavy (non-hydrogen) atoms. The molecule has 6 N–H and O–H groups in total. The lowest BCUT2D eigenvalue weighted by molar-refractivity contribution is -0.132. The Kier molecular flexibility index (Phi) is 20.6. The fraction of sp³-hybridized carbons (Fsp3) is 0.365. The van der Waals surface area contributed by atoms with Crippen molar-refractivity contribution < 1.29 is 34.5 Å².